The van der Waals surface area contributed by atoms with E-state index in [1.807, 2.05) is 18.2 Å². The molecule has 0 bridgehead atoms. The van der Waals surface area contributed by atoms with Crippen LogP contribution in [0.25, 0.3) is 0 Å². The molecule has 0 heterocycles. The maximum Gasteiger partial charge on any atom is 0.223 e. The van der Waals surface area contributed by atoms with Crippen molar-refractivity contribution < 1.29 is 4.79 Å². The van der Waals surface area contributed by atoms with Gasteiger partial charge in [-0.1, -0.05) is 30.3 Å². The van der Waals surface area contributed by atoms with Gasteiger partial charge in [0.2, 0.25) is 5.91 Å². The second-order valence-corrected chi connectivity index (χ2v) is 4.46. The first-order valence-electron chi connectivity index (χ1n) is 5.83. The molecule has 0 aliphatic heterocycles. The fraction of sp³-hybridized carbons (Fsp3) is 0.462. The zero-order valence-corrected chi connectivity index (χ0v) is 9.36. The van der Waals surface area contributed by atoms with E-state index in [9.17, 15) is 4.79 Å². The molecule has 1 aliphatic rings. The van der Waals surface area contributed by atoms with Crippen LogP contribution in [-0.2, 0) is 11.2 Å². The Bertz CT molecular complexity index is 344. The van der Waals surface area contributed by atoms with Crippen LogP contribution < -0.4 is 11.1 Å². The number of hydrogen-bond acceptors (Lipinski definition) is 2. The molecule has 0 unspecified atom stereocenters. The highest BCUT2D eigenvalue weighted by atomic mass is 16.1. The van der Waals surface area contributed by atoms with Crippen LogP contribution in [0.5, 0.6) is 0 Å². The molecule has 16 heavy (non-hydrogen) atoms. The van der Waals surface area contributed by atoms with Gasteiger partial charge in [0.1, 0.15) is 0 Å². The summed E-state index contributed by atoms with van der Waals surface area (Å²) < 4.78 is 0. The fourth-order valence-electron chi connectivity index (χ4n) is 1.99. The van der Waals surface area contributed by atoms with Gasteiger partial charge in [-0.15, -0.1) is 0 Å². The van der Waals surface area contributed by atoms with E-state index in [-0.39, 0.29) is 17.9 Å². The maximum absolute atomic E-state index is 11.6. The number of amides is 1. The van der Waals surface area contributed by atoms with Crippen LogP contribution in [0.3, 0.4) is 0 Å². The summed E-state index contributed by atoms with van der Waals surface area (Å²) >= 11 is 0. The SMILES string of the molecule is NC1CC(C(=O)NCCc2ccccc2)C1. The zero-order chi connectivity index (χ0) is 11.4. The largest absolute Gasteiger partial charge is 0.356 e. The first-order valence-corrected chi connectivity index (χ1v) is 5.83. The Hall–Kier alpha value is -1.35. The molecule has 1 saturated carbocycles. The van der Waals surface area contributed by atoms with Gasteiger partial charge in [-0.2, -0.15) is 0 Å². The van der Waals surface area contributed by atoms with Crippen LogP contribution in [0.4, 0.5) is 0 Å². The fourth-order valence-corrected chi connectivity index (χ4v) is 1.99. The van der Waals surface area contributed by atoms with Crippen molar-refractivity contribution in [3.63, 3.8) is 0 Å². The third-order valence-corrected chi connectivity index (χ3v) is 3.10. The van der Waals surface area contributed by atoms with Crippen molar-refractivity contribution in [3.05, 3.63) is 35.9 Å². The van der Waals surface area contributed by atoms with Gasteiger partial charge in [0.05, 0.1) is 0 Å². The van der Waals surface area contributed by atoms with E-state index >= 15 is 0 Å². The van der Waals surface area contributed by atoms with E-state index in [4.69, 9.17) is 5.73 Å². The Balaban J connectivity index is 1.67. The van der Waals surface area contributed by atoms with E-state index in [0.717, 1.165) is 19.3 Å². The lowest BCUT2D eigenvalue weighted by Crippen LogP contribution is -2.45. The lowest BCUT2D eigenvalue weighted by atomic mass is 9.80. The minimum Gasteiger partial charge on any atom is -0.356 e. The molecule has 3 N–H and O–H groups in total. The number of hydrogen-bond donors (Lipinski definition) is 2. The lowest BCUT2D eigenvalue weighted by Gasteiger charge is -2.31. The number of rotatable bonds is 4. The monoisotopic (exact) mass is 218 g/mol. The Labute approximate surface area is 96.0 Å². The molecule has 3 heteroatoms. The third-order valence-electron chi connectivity index (χ3n) is 3.10. The molecular formula is C13H18N2O. The first-order chi connectivity index (χ1) is 7.75. The highest BCUT2D eigenvalue weighted by Crippen LogP contribution is 2.25. The zero-order valence-electron chi connectivity index (χ0n) is 9.36. The molecular weight excluding hydrogens is 200 g/mol. The van der Waals surface area contributed by atoms with Crippen molar-refractivity contribution >= 4 is 5.91 Å². The highest BCUT2D eigenvalue weighted by molar-refractivity contribution is 5.79. The summed E-state index contributed by atoms with van der Waals surface area (Å²) in [6.07, 6.45) is 2.58. The quantitative estimate of drug-likeness (QED) is 0.794. The van der Waals surface area contributed by atoms with Crippen LogP contribution in [0.1, 0.15) is 18.4 Å². The third kappa shape index (κ3) is 2.83. The molecule has 0 aromatic heterocycles. The van der Waals surface area contributed by atoms with Crippen molar-refractivity contribution in [1.29, 1.82) is 0 Å². The minimum absolute atomic E-state index is 0.158. The number of benzene rings is 1. The van der Waals surface area contributed by atoms with Crippen molar-refractivity contribution in [3.8, 4) is 0 Å². The molecule has 1 aromatic rings. The van der Waals surface area contributed by atoms with Gasteiger partial charge in [-0.05, 0) is 24.8 Å². The Morgan fingerprint density at radius 3 is 2.62 bits per heavy atom. The van der Waals surface area contributed by atoms with Crippen LogP contribution >= 0.6 is 0 Å². The van der Waals surface area contributed by atoms with Crippen molar-refractivity contribution in [2.24, 2.45) is 11.7 Å². The van der Waals surface area contributed by atoms with Crippen LogP contribution in [0.15, 0.2) is 30.3 Å². The average molecular weight is 218 g/mol. The van der Waals surface area contributed by atoms with Gasteiger partial charge in [0.25, 0.3) is 0 Å². The molecule has 1 aliphatic carbocycles. The van der Waals surface area contributed by atoms with E-state index < -0.39 is 0 Å². The van der Waals surface area contributed by atoms with Crippen molar-refractivity contribution in [1.82, 2.24) is 5.32 Å². The second-order valence-electron chi connectivity index (χ2n) is 4.46. The summed E-state index contributed by atoms with van der Waals surface area (Å²) in [6.45, 7) is 0.717. The Morgan fingerprint density at radius 1 is 1.31 bits per heavy atom. The summed E-state index contributed by atoms with van der Waals surface area (Å²) in [5, 5.41) is 2.96. The van der Waals surface area contributed by atoms with Gasteiger partial charge < -0.3 is 11.1 Å². The highest BCUT2D eigenvalue weighted by Gasteiger charge is 2.31. The standard InChI is InChI=1S/C13H18N2O/c14-12-8-11(9-12)13(16)15-7-6-10-4-2-1-3-5-10/h1-5,11-12H,6-9,14H2,(H,15,16). The molecule has 0 saturated heterocycles. The number of carbonyl (C=O) groups excluding carboxylic acids is 1. The molecule has 2 rings (SSSR count). The summed E-state index contributed by atoms with van der Waals surface area (Å²) in [7, 11) is 0. The summed E-state index contributed by atoms with van der Waals surface area (Å²) in [5.41, 5.74) is 6.90. The smallest absolute Gasteiger partial charge is 0.223 e. The first kappa shape index (κ1) is 11.1. The minimum atomic E-state index is 0.158. The molecule has 0 atom stereocenters. The van der Waals surface area contributed by atoms with Gasteiger partial charge in [0, 0.05) is 18.5 Å². The summed E-state index contributed by atoms with van der Waals surface area (Å²) in [6, 6.07) is 10.4. The van der Waals surface area contributed by atoms with Gasteiger partial charge in [-0.3, -0.25) is 4.79 Å². The van der Waals surface area contributed by atoms with E-state index in [0.29, 0.717) is 6.54 Å². The number of nitrogens with one attached hydrogen (secondary N) is 1. The predicted octanol–water partition coefficient (Wildman–Crippen LogP) is 1.08. The predicted molar refractivity (Wildman–Crippen MR) is 63.9 cm³/mol. The van der Waals surface area contributed by atoms with Gasteiger partial charge in [-0.25, -0.2) is 0 Å². The molecule has 1 fully saturated rings. The molecule has 1 amide bonds. The van der Waals surface area contributed by atoms with Crippen molar-refractivity contribution in [2.45, 2.75) is 25.3 Å². The van der Waals surface area contributed by atoms with Gasteiger partial charge >= 0.3 is 0 Å². The number of carbonyl (C=O) groups is 1. The Morgan fingerprint density at radius 2 is 2.00 bits per heavy atom. The topological polar surface area (TPSA) is 55.1 Å². The molecule has 0 radical (unpaired) electrons. The molecule has 3 nitrogen and oxygen atoms in total. The van der Waals surface area contributed by atoms with E-state index in [2.05, 4.69) is 17.4 Å². The number of nitrogens with two attached hydrogens (primary N) is 1. The normalized spacial score (nSPS) is 23.6. The lowest BCUT2D eigenvalue weighted by molar-refractivity contribution is -0.127. The van der Waals surface area contributed by atoms with E-state index in [1.54, 1.807) is 0 Å². The van der Waals surface area contributed by atoms with Crippen molar-refractivity contribution in [2.75, 3.05) is 6.54 Å². The molecule has 86 valence electrons. The average Bonchev–Trinajstić information content (AvgIpc) is 2.26. The second kappa shape index (κ2) is 5.12. The maximum atomic E-state index is 11.6. The van der Waals surface area contributed by atoms with Crippen LogP contribution in [-0.4, -0.2) is 18.5 Å². The van der Waals surface area contributed by atoms with Gasteiger partial charge in [0.15, 0.2) is 0 Å². The van der Waals surface area contributed by atoms with E-state index in [1.165, 1.54) is 5.56 Å². The van der Waals surface area contributed by atoms with Crippen LogP contribution in [0, 0.1) is 5.92 Å². The summed E-state index contributed by atoms with van der Waals surface area (Å²) in [4.78, 5) is 11.6. The summed E-state index contributed by atoms with van der Waals surface area (Å²) in [5.74, 6) is 0.323. The molecule has 1 aromatic carbocycles. The van der Waals surface area contributed by atoms with Crippen LogP contribution in [0.2, 0.25) is 0 Å². The molecule has 0 spiro atoms. The Kier molecular flexibility index (Phi) is 3.57.